The number of hydrogen-bond acceptors (Lipinski definition) is 5. The molecule has 3 rings (SSSR count). The van der Waals surface area contributed by atoms with Crippen molar-refractivity contribution < 1.29 is 0 Å². The summed E-state index contributed by atoms with van der Waals surface area (Å²) in [7, 11) is 6.67. The third-order valence-corrected chi connectivity index (χ3v) is 5.48. The zero-order valence-corrected chi connectivity index (χ0v) is 13.4. The highest BCUT2D eigenvalue weighted by Crippen LogP contribution is 2.46. The Morgan fingerprint density at radius 2 is 1.52 bits per heavy atom. The molecule has 21 heavy (non-hydrogen) atoms. The largest absolute Gasteiger partial charge is 0.368 e. The van der Waals surface area contributed by atoms with Crippen LogP contribution in [-0.4, -0.2) is 53.0 Å². The van der Waals surface area contributed by atoms with E-state index in [0.29, 0.717) is 12.0 Å². The van der Waals surface area contributed by atoms with Gasteiger partial charge in [-0.25, -0.2) is 9.97 Å². The van der Waals surface area contributed by atoms with Gasteiger partial charge in [0.05, 0.1) is 0 Å². The van der Waals surface area contributed by atoms with Crippen LogP contribution in [0.25, 0.3) is 0 Å². The Morgan fingerprint density at radius 1 is 1.00 bits per heavy atom. The molecule has 2 saturated carbocycles. The maximum Gasteiger partial charge on any atom is 0.219 e. The highest BCUT2D eigenvalue weighted by Gasteiger charge is 2.43. The second-order valence-electron chi connectivity index (χ2n) is 7.10. The van der Waals surface area contributed by atoms with Crippen LogP contribution in [0.2, 0.25) is 0 Å². The molecule has 5 heteroatoms. The molecule has 5 nitrogen and oxygen atoms in total. The molecule has 1 heterocycles. The number of nitrogens with zero attached hydrogens (tertiary/aromatic N) is 4. The van der Waals surface area contributed by atoms with Gasteiger partial charge >= 0.3 is 0 Å². The SMILES string of the molecule is CN(C)C1C[C@@H]2CC(N(C)Cc3cnc(N)nc3)C[C@@H]2C1. The summed E-state index contributed by atoms with van der Waals surface area (Å²) in [6.07, 6.45) is 9.15. The van der Waals surface area contributed by atoms with Gasteiger partial charge < -0.3 is 10.6 Å². The van der Waals surface area contributed by atoms with Gasteiger partial charge in [0.15, 0.2) is 0 Å². The van der Waals surface area contributed by atoms with Crippen molar-refractivity contribution in [1.82, 2.24) is 19.8 Å². The van der Waals surface area contributed by atoms with E-state index in [0.717, 1.165) is 30.0 Å². The molecule has 1 aromatic heterocycles. The molecule has 0 spiro atoms. The van der Waals surface area contributed by atoms with Crippen molar-refractivity contribution in [3.63, 3.8) is 0 Å². The lowest BCUT2D eigenvalue weighted by Crippen LogP contribution is -2.31. The summed E-state index contributed by atoms with van der Waals surface area (Å²) in [6, 6.07) is 1.51. The summed E-state index contributed by atoms with van der Waals surface area (Å²) in [5.74, 6) is 2.20. The molecule has 0 saturated heterocycles. The van der Waals surface area contributed by atoms with Crippen molar-refractivity contribution in [2.24, 2.45) is 11.8 Å². The number of aromatic nitrogens is 2. The molecule has 2 fully saturated rings. The first-order valence-electron chi connectivity index (χ1n) is 7.96. The molecule has 2 N–H and O–H groups in total. The van der Waals surface area contributed by atoms with Gasteiger partial charge in [-0.15, -0.1) is 0 Å². The van der Waals surface area contributed by atoms with Crippen molar-refractivity contribution in [3.8, 4) is 0 Å². The number of nitrogen functional groups attached to an aromatic ring is 1. The number of nitrogens with two attached hydrogens (primary N) is 1. The average molecular weight is 289 g/mol. The Morgan fingerprint density at radius 3 is 2.05 bits per heavy atom. The van der Waals surface area contributed by atoms with Crippen LogP contribution in [0.5, 0.6) is 0 Å². The number of hydrogen-bond donors (Lipinski definition) is 1. The van der Waals surface area contributed by atoms with E-state index < -0.39 is 0 Å². The topological polar surface area (TPSA) is 58.3 Å². The van der Waals surface area contributed by atoms with E-state index in [1.807, 2.05) is 12.4 Å². The summed E-state index contributed by atoms with van der Waals surface area (Å²) in [4.78, 5) is 13.0. The molecule has 116 valence electrons. The van der Waals surface area contributed by atoms with Gasteiger partial charge in [-0.2, -0.15) is 0 Å². The summed E-state index contributed by atoms with van der Waals surface area (Å²) in [5, 5.41) is 0. The first kappa shape index (κ1) is 14.7. The normalized spacial score (nSPS) is 32.0. The summed E-state index contributed by atoms with van der Waals surface area (Å²) < 4.78 is 0. The van der Waals surface area contributed by atoms with E-state index in [1.54, 1.807) is 0 Å². The summed E-state index contributed by atoms with van der Waals surface area (Å²) in [6.45, 7) is 0.918. The molecule has 0 aromatic carbocycles. The van der Waals surface area contributed by atoms with E-state index in [2.05, 4.69) is 40.9 Å². The minimum Gasteiger partial charge on any atom is -0.368 e. The molecular weight excluding hydrogens is 262 g/mol. The van der Waals surface area contributed by atoms with Crippen molar-refractivity contribution >= 4 is 5.95 Å². The van der Waals surface area contributed by atoms with Crippen LogP contribution >= 0.6 is 0 Å². The van der Waals surface area contributed by atoms with Crippen molar-refractivity contribution in [3.05, 3.63) is 18.0 Å². The van der Waals surface area contributed by atoms with Crippen LogP contribution in [0.3, 0.4) is 0 Å². The molecular formula is C16H27N5. The van der Waals surface area contributed by atoms with Crippen LogP contribution < -0.4 is 5.73 Å². The Bertz CT molecular complexity index is 458. The maximum atomic E-state index is 5.54. The molecule has 2 aliphatic carbocycles. The molecule has 0 bridgehead atoms. The Hall–Kier alpha value is -1.20. The second kappa shape index (κ2) is 5.89. The Kier molecular flexibility index (Phi) is 4.13. The van der Waals surface area contributed by atoms with Gasteiger partial charge in [0, 0.05) is 36.6 Å². The third kappa shape index (κ3) is 3.19. The fourth-order valence-corrected chi connectivity index (χ4v) is 4.20. The lowest BCUT2D eigenvalue weighted by Gasteiger charge is -2.26. The monoisotopic (exact) mass is 289 g/mol. The predicted molar refractivity (Wildman–Crippen MR) is 84.6 cm³/mol. The van der Waals surface area contributed by atoms with E-state index in [9.17, 15) is 0 Å². The first-order valence-corrected chi connectivity index (χ1v) is 7.96. The van der Waals surface area contributed by atoms with Gasteiger partial charge in [-0.05, 0) is 58.7 Å². The zero-order valence-electron chi connectivity index (χ0n) is 13.4. The second-order valence-corrected chi connectivity index (χ2v) is 7.10. The third-order valence-electron chi connectivity index (χ3n) is 5.48. The van der Waals surface area contributed by atoms with E-state index >= 15 is 0 Å². The molecule has 2 aliphatic rings. The van der Waals surface area contributed by atoms with Gasteiger partial charge in [-0.3, -0.25) is 4.90 Å². The number of fused-ring (bicyclic) bond motifs is 1. The fourth-order valence-electron chi connectivity index (χ4n) is 4.20. The summed E-state index contributed by atoms with van der Waals surface area (Å²) in [5.41, 5.74) is 6.69. The molecule has 2 unspecified atom stereocenters. The van der Waals surface area contributed by atoms with Crippen molar-refractivity contribution in [2.75, 3.05) is 26.9 Å². The van der Waals surface area contributed by atoms with E-state index in [4.69, 9.17) is 5.73 Å². The van der Waals surface area contributed by atoms with Crippen LogP contribution in [0, 0.1) is 11.8 Å². The van der Waals surface area contributed by atoms with Gasteiger partial charge in [0.25, 0.3) is 0 Å². The van der Waals surface area contributed by atoms with Gasteiger partial charge in [0.2, 0.25) is 5.95 Å². The minimum absolute atomic E-state index is 0.353. The standard InChI is InChI=1S/C16H27N5/c1-20(2)14-4-12-6-15(7-13(12)5-14)21(3)10-11-8-18-16(17)19-9-11/h8-9,12-15H,4-7,10H2,1-3H3,(H2,17,18,19)/t12-,13+,14?,15?. The maximum absolute atomic E-state index is 5.54. The zero-order chi connectivity index (χ0) is 15.0. The van der Waals surface area contributed by atoms with Gasteiger partial charge in [-0.1, -0.05) is 0 Å². The van der Waals surface area contributed by atoms with Crippen LogP contribution in [0.4, 0.5) is 5.95 Å². The molecule has 4 atom stereocenters. The highest BCUT2D eigenvalue weighted by atomic mass is 15.1. The lowest BCUT2D eigenvalue weighted by atomic mass is 10.0. The van der Waals surface area contributed by atoms with Crippen LogP contribution in [-0.2, 0) is 6.54 Å². The smallest absolute Gasteiger partial charge is 0.219 e. The van der Waals surface area contributed by atoms with Crippen LogP contribution in [0.1, 0.15) is 31.2 Å². The van der Waals surface area contributed by atoms with Crippen molar-refractivity contribution in [2.45, 2.75) is 44.3 Å². The Balaban J connectivity index is 1.54. The highest BCUT2D eigenvalue weighted by molar-refractivity contribution is 5.17. The number of rotatable bonds is 4. The Labute approximate surface area is 127 Å². The minimum atomic E-state index is 0.353. The van der Waals surface area contributed by atoms with E-state index in [-0.39, 0.29) is 0 Å². The van der Waals surface area contributed by atoms with Gasteiger partial charge in [0.1, 0.15) is 0 Å². The van der Waals surface area contributed by atoms with E-state index in [1.165, 1.54) is 25.7 Å². The first-order chi connectivity index (χ1) is 10.0. The van der Waals surface area contributed by atoms with Crippen LogP contribution in [0.15, 0.2) is 12.4 Å². The quantitative estimate of drug-likeness (QED) is 0.912. The predicted octanol–water partition coefficient (Wildman–Crippen LogP) is 1.61. The molecule has 0 amide bonds. The summed E-state index contributed by atoms with van der Waals surface area (Å²) >= 11 is 0. The molecule has 0 radical (unpaired) electrons. The number of anilines is 1. The lowest BCUT2D eigenvalue weighted by molar-refractivity contribution is 0.211. The fraction of sp³-hybridized carbons (Fsp3) is 0.750. The molecule has 1 aromatic rings. The average Bonchev–Trinajstić information content (AvgIpc) is 2.99. The van der Waals surface area contributed by atoms with Crippen molar-refractivity contribution in [1.29, 1.82) is 0 Å². The molecule has 0 aliphatic heterocycles.